The Kier molecular flexibility index (Phi) is 3.01. The minimum atomic E-state index is -0.532. The molecular formula is C9H17NOS2. The number of thiol groups is 1. The van der Waals surface area contributed by atoms with E-state index in [0.717, 1.165) is 30.3 Å². The van der Waals surface area contributed by atoms with Gasteiger partial charge in [0.1, 0.15) is 0 Å². The summed E-state index contributed by atoms with van der Waals surface area (Å²) in [5.41, 5.74) is 0.530. The average Bonchev–Trinajstić information content (AvgIpc) is 2.90. The summed E-state index contributed by atoms with van der Waals surface area (Å²) in [5.74, 6) is 2.78. The summed E-state index contributed by atoms with van der Waals surface area (Å²) in [7, 11) is -0.532. The fourth-order valence-corrected chi connectivity index (χ4v) is 3.40. The van der Waals surface area contributed by atoms with E-state index in [9.17, 15) is 4.21 Å². The van der Waals surface area contributed by atoms with Gasteiger partial charge in [0.25, 0.3) is 0 Å². The normalized spacial score (nSPS) is 29.0. The first-order valence-electron chi connectivity index (χ1n) is 4.92. The lowest BCUT2D eigenvalue weighted by molar-refractivity contribution is 0.250. The highest BCUT2D eigenvalue weighted by atomic mass is 32.2. The molecule has 0 bridgehead atoms. The molecule has 13 heavy (non-hydrogen) atoms. The molecule has 4 heteroatoms. The third-order valence-corrected chi connectivity index (χ3v) is 5.07. The Morgan fingerprint density at radius 2 is 1.92 bits per heavy atom. The van der Waals surface area contributed by atoms with Crippen molar-refractivity contribution in [3.8, 4) is 0 Å². The minimum Gasteiger partial charge on any atom is -0.301 e. The van der Waals surface area contributed by atoms with Gasteiger partial charge in [0.15, 0.2) is 0 Å². The molecule has 2 aliphatic rings. The molecule has 0 amide bonds. The van der Waals surface area contributed by atoms with E-state index in [4.69, 9.17) is 0 Å². The third kappa shape index (κ3) is 2.48. The molecule has 0 spiro atoms. The molecule has 0 unspecified atom stereocenters. The zero-order valence-electron chi connectivity index (χ0n) is 7.87. The van der Waals surface area contributed by atoms with Gasteiger partial charge < -0.3 is 4.90 Å². The van der Waals surface area contributed by atoms with Gasteiger partial charge in [-0.3, -0.25) is 4.21 Å². The van der Waals surface area contributed by atoms with E-state index in [1.807, 2.05) is 0 Å². The van der Waals surface area contributed by atoms with Crippen molar-refractivity contribution in [2.45, 2.75) is 12.8 Å². The largest absolute Gasteiger partial charge is 0.301 e. The van der Waals surface area contributed by atoms with Crippen LogP contribution >= 0.6 is 12.6 Å². The Balaban J connectivity index is 1.79. The van der Waals surface area contributed by atoms with E-state index < -0.39 is 10.8 Å². The van der Waals surface area contributed by atoms with Gasteiger partial charge in [-0.15, -0.1) is 0 Å². The number of hydrogen-bond donors (Lipinski definition) is 1. The molecule has 2 fully saturated rings. The van der Waals surface area contributed by atoms with Gasteiger partial charge in [-0.05, 0) is 24.0 Å². The molecule has 76 valence electrons. The second kappa shape index (κ2) is 3.91. The Morgan fingerprint density at radius 3 is 2.38 bits per heavy atom. The van der Waals surface area contributed by atoms with Crippen LogP contribution < -0.4 is 0 Å². The molecular weight excluding hydrogens is 202 g/mol. The van der Waals surface area contributed by atoms with Crippen molar-refractivity contribution in [1.82, 2.24) is 4.90 Å². The van der Waals surface area contributed by atoms with E-state index in [-0.39, 0.29) is 0 Å². The molecule has 1 aliphatic heterocycles. The van der Waals surface area contributed by atoms with Crippen molar-refractivity contribution < 1.29 is 4.21 Å². The molecule has 1 heterocycles. The summed E-state index contributed by atoms with van der Waals surface area (Å²) in [6.07, 6.45) is 2.69. The van der Waals surface area contributed by atoms with Crippen molar-refractivity contribution >= 4 is 23.4 Å². The molecule has 0 aromatic rings. The summed E-state index contributed by atoms with van der Waals surface area (Å²) in [5, 5.41) is 0. The van der Waals surface area contributed by atoms with Crippen LogP contribution in [0, 0.1) is 5.41 Å². The molecule has 0 aromatic heterocycles. The molecule has 1 saturated carbocycles. The highest BCUT2D eigenvalue weighted by Crippen LogP contribution is 2.47. The predicted molar refractivity (Wildman–Crippen MR) is 59.8 cm³/mol. The maximum absolute atomic E-state index is 11.1. The van der Waals surface area contributed by atoms with Gasteiger partial charge in [0, 0.05) is 41.9 Å². The first kappa shape index (κ1) is 9.99. The van der Waals surface area contributed by atoms with Gasteiger partial charge >= 0.3 is 0 Å². The van der Waals surface area contributed by atoms with E-state index in [0.29, 0.717) is 5.41 Å². The van der Waals surface area contributed by atoms with Crippen LogP contribution in [0.2, 0.25) is 0 Å². The van der Waals surface area contributed by atoms with Crippen molar-refractivity contribution in [2.75, 3.05) is 36.9 Å². The highest BCUT2D eigenvalue weighted by molar-refractivity contribution is 7.85. The monoisotopic (exact) mass is 219 g/mol. The minimum absolute atomic E-state index is 0.530. The van der Waals surface area contributed by atoms with Gasteiger partial charge in [-0.1, -0.05) is 0 Å². The van der Waals surface area contributed by atoms with E-state index in [1.165, 1.54) is 19.4 Å². The summed E-state index contributed by atoms with van der Waals surface area (Å²) < 4.78 is 11.1. The Bertz CT molecular complexity index is 206. The van der Waals surface area contributed by atoms with Crippen LogP contribution in [0.5, 0.6) is 0 Å². The first-order valence-corrected chi connectivity index (χ1v) is 7.04. The average molecular weight is 219 g/mol. The second-order valence-electron chi connectivity index (χ2n) is 4.28. The zero-order chi connectivity index (χ0) is 9.31. The number of rotatable bonds is 3. The topological polar surface area (TPSA) is 20.3 Å². The third-order valence-electron chi connectivity index (χ3n) is 3.12. The summed E-state index contributed by atoms with van der Waals surface area (Å²) in [4.78, 5) is 2.46. The number of hydrogen-bond acceptors (Lipinski definition) is 3. The van der Waals surface area contributed by atoms with E-state index in [1.54, 1.807) is 0 Å². The SMILES string of the molecule is O=S1CCN(CC2(CS)CC2)CC1. The second-order valence-corrected chi connectivity index (χ2v) is 6.29. The molecule has 2 nitrogen and oxygen atoms in total. The highest BCUT2D eigenvalue weighted by Gasteiger charge is 2.42. The summed E-state index contributed by atoms with van der Waals surface area (Å²) >= 11 is 4.39. The Morgan fingerprint density at radius 1 is 1.31 bits per heavy atom. The fourth-order valence-electron chi connectivity index (χ4n) is 1.85. The molecule has 0 aromatic carbocycles. The lowest BCUT2D eigenvalue weighted by Gasteiger charge is -2.29. The standard InChI is InChI=1S/C9H17NOS2/c11-13-5-3-10(4-6-13)7-9(8-12)1-2-9/h12H,1-8H2. The molecule has 1 saturated heterocycles. The maximum atomic E-state index is 11.1. The first-order chi connectivity index (χ1) is 6.24. The zero-order valence-corrected chi connectivity index (χ0v) is 9.58. The predicted octanol–water partition coefficient (Wildman–Crippen LogP) is 0.761. The smallest absolute Gasteiger partial charge is 0.0363 e. The van der Waals surface area contributed by atoms with Crippen molar-refractivity contribution in [1.29, 1.82) is 0 Å². The molecule has 2 rings (SSSR count). The molecule has 1 aliphatic carbocycles. The van der Waals surface area contributed by atoms with E-state index >= 15 is 0 Å². The van der Waals surface area contributed by atoms with Crippen LogP contribution in [0.1, 0.15) is 12.8 Å². The summed E-state index contributed by atoms with van der Waals surface area (Å²) in [6.45, 7) is 3.25. The van der Waals surface area contributed by atoms with Crippen LogP contribution in [-0.2, 0) is 10.8 Å². The molecule has 0 N–H and O–H groups in total. The van der Waals surface area contributed by atoms with Crippen LogP contribution in [0.4, 0.5) is 0 Å². The lowest BCUT2D eigenvalue weighted by Crippen LogP contribution is -2.41. The quantitative estimate of drug-likeness (QED) is 0.707. The van der Waals surface area contributed by atoms with Crippen molar-refractivity contribution in [3.05, 3.63) is 0 Å². The van der Waals surface area contributed by atoms with Crippen LogP contribution in [0.25, 0.3) is 0 Å². The Labute approximate surface area is 87.9 Å². The van der Waals surface area contributed by atoms with Crippen molar-refractivity contribution in [3.63, 3.8) is 0 Å². The maximum Gasteiger partial charge on any atom is 0.0363 e. The van der Waals surface area contributed by atoms with Gasteiger partial charge in [0.05, 0.1) is 0 Å². The van der Waals surface area contributed by atoms with Gasteiger partial charge in [0.2, 0.25) is 0 Å². The van der Waals surface area contributed by atoms with Crippen LogP contribution in [-0.4, -0.2) is 46.0 Å². The van der Waals surface area contributed by atoms with Crippen LogP contribution in [0.15, 0.2) is 0 Å². The van der Waals surface area contributed by atoms with E-state index in [2.05, 4.69) is 17.5 Å². The van der Waals surface area contributed by atoms with Gasteiger partial charge in [-0.25, -0.2) is 0 Å². The number of nitrogens with zero attached hydrogens (tertiary/aromatic N) is 1. The van der Waals surface area contributed by atoms with Gasteiger partial charge in [-0.2, -0.15) is 12.6 Å². The fraction of sp³-hybridized carbons (Fsp3) is 1.00. The van der Waals surface area contributed by atoms with Crippen molar-refractivity contribution in [2.24, 2.45) is 5.41 Å². The molecule has 0 atom stereocenters. The van der Waals surface area contributed by atoms with Crippen LogP contribution in [0.3, 0.4) is 0 Å². The lowest BCUT2D eigenvalue weighted by atomic mass is 10.1. The molecule has 0 radical (unpaired) electrons. The summed E-state index contributed by atoms with van der Waals surface area (Å²) in [6, 6.07) is 0. The Hall–Kier alpha value is 0.460.